The lowest BCUT2D eigenvalue weighted by Gasteiger charge is -2.34. The summed E-state index contributed by atoms with van der Waals surface area (Å²) in [5.41, 5.74) is 1.86. The second kappa shape index (κ2) is 6.71. The molecule has 1 saturated carbocycles. The van der Waals surface area contributed by atoms with Crippen molar-refractivity contribution in [1.29, 1.82) is 0 Å². The average molecular weight is 371 g/mol. The summed E-state index contributed by atoms with van der Waals surface area (Å²) in [4.78, 5) is 35.1. The lowest BCUT2D eigenvalue weighted by atomic mass is 9.77. The minimum atomic E-state index is -0.0856. The topological polar surface area (TPSA) is 90.1 Å². The molecule has 5 rings (SSSR count). The second-order valence-electron chi connectivity index (χ2n) is 8.98. The molecule has 146 valence electrons. The fourth-order valence-electron chi connectivity index (χ4n) is 5.02. The second-order valence-corrected chi connectivity index (χ2v) is 8.98. The minimum absolute atomic E-state index is 0.00426. The summed E-state index contributed by atoms with van der Waals surface area (Å²) in [5, 5.41) is 6.91. The number of rotatable bonds is 3. The van der Waals surface area contributed by atoms with Crippen LogP contribution in [0.4, 0.5) is 0 Å². The Morgan fingerprint density at radius 1 is 1.26 bits per heavy atom. The molecule has 4 aliphatic rings. The first-order valence-corrected chi connectivity index (χ1v) is 10.5. The van der Waals surface area contributed by atoms with Crippen LogP contribution in [0.5, 0.6) is 0 Å². The Morgan fingerprint density at radius 2 is 2.07 bits per heavy atom. The normalized spacial score (nSPS) is 27.0. The summed E-state index contributed by atoms with van der Waals surface area (Å²) in [6.45, 7) is 4.14. The molecule has 7 heteroatoms. The number of piperidine rings is 1. The lowest BCUT2D eigenvalue weighted by Crippen LogP contribution is -2.47. The van der Waals surface area contributed by atoms with Gasteiger partial charge in [-0.1, -0.05) is 0 Å². The van der Waals surface area contributed by atoms with Crippen molar-refractivity contribution in [3.8, 4) is 0 Å². The third kappa shape index (κ3) is 3.43. The van der Waals surface area contributed by atoms with E-state index in [9.17, 15) is 9.59 Å². The first-order valence-electron chi connectivity index (χ1n) is 10.5. The third-order valence-electron chi connectivity index (χ3n) is 6.94. The van der Waals surface area contributed by atoms with Gasteiger partial charge in [0.05, 0.1) is 18.3 Å². The SMILES string of the molecule is O=C([C@H]1CC2(CCNCC2)CN1)N1CCc2c(nc(CC3CC3)[nH]c2=O)C1. The number of amides is 1. The minimum Gasteiger partial charge on any atom is -0.335 e. The van der Waals surface area contributed by atoms with Gasteiger partial charge in [-0.3, -0.25) is 9.59 Å². The summed E-state index contributed by atoms with van der Waals surface area (Å²) >= 11 is 0. The van der Waals surface area contributed by atoms with Gasteiger partial charge in [0.1, 0.15) is 5.82 Å². The molecule has 1 amide bonds. The van der Waals surface area contributed by atoms with Gasteiger partial charge in [-0.2, -0.15) is 0 Å². The van der Waals surface area contributed by atoms with Crippen LogP contribution in [0.3, 0.4) is 0 Å². The van der Waals surface area contributed by atoms with Crippen molar-refractivity contribution in [3.05, 3.63) is 27.4 Å². The molecule has 3 aliphatic heterocycles. The molecule has 1 aromatic rings. The lowest BCUT2D eigenvalue weighted by molar-refractivity contribution is -0.134. The zero-order valence-corrected chi connectivity index (χ0v) is 15.9. The van der Waals surface area contributed by atoms with Crippen LogP contribution in [0.25, 0.3) is 0 Å². The summed E-state index contributed by atoms with van der Waals surface area (Å²) in [6.07, 6.45) is 7.16. The van der Waals surface area contributed by atoms with Gasteiger partial charge < -0.3 is 20.5 Å². The predicted octanol–water partition coefficient (Wildman–Crippen LogP) is 0.339. The van der Waals surface area contributed by atoms with Gasteiger partial charge in [-0.15, -0.1) is 0 Å². The smallest absolute Gasteiger partial charge is 0.254 e. The Hall–Kier alpha value is -1.73. The molecule has 7 nitrogen and oxygen atoms in total. The van der Waals surface area contributed by atoms with E-state index >= 15 is 0 Å². The van der Waals surface area contributed by atoms with E-state index < -0.39 is 0 Å². The van der Waals surface area contributed by atoms with E-state index in [0.29, 0.717) is 25.4 Å². The first kappa shape index (κ1) is 17.4. The van der Waals surface area contributed by atoms with Gasteiger partial charge in [0, 0.05) is 25.1 Å². The Labute approximate surface area is 159 Å². The highest BCUT2D eigenvalue weighted by atomic mass is 16.2. The van der Waals surface area contributed by atoms with E-state index in [1.165, 1.54) is 12.8 Å². The highest BCUT2D eigenvalue weighted by Gasteiger charge is 2.43. The van der Waals surface area contributed by atoms with Crippen LogP contribution in [-0.2, 0) is 24.2 Å². The van der Waals surface area contributed by atoms with E-state index in [4.69, 9.17) is 4.98 Å². The number of carbonyl (C=O) groups excluding carboxylic acids is 1. The van der Waals surface area contributed by atoms with E-state index in [1.54, 1.807) is 0 Å². The van der Waals surface area contributed by atoms with Crippen LogP contribution in [0.15, 0.2) is 4.79 Å². The number of H-pyrrole nitrogens is 1. The zero-order chi connectivity index (χ0) is 18.4. The maximum absolute atomic E-state index is 13.1. The number of hydrogen-bond donors (Lipinski definition) is 3. The third-order valence-corrected chi connectivity index (χ3v) is 6.94. The first-order chi connectivity index (χ1) is 13.1. The largest absolute Gasteiger partial charge is 0.335 e. The predicted molar refractivity (Wildman–Crippen MR) is 101 cm³/mol. The van der Waals surface area contributed by atoms with Gasteiger partial charge in [0.15, 0.2) is 0 Å². The standard InChI is InChI=1S/C20H29N5O2/c26-18-14-3-8-25(11-16(14)23-17(24-18)9-13-1-2-13)19(27)15-10-20(12-22-15)4-6-21-7-5-20/h13,15,21-22H,1-12H2,(H,23,24,26)/t15-/m1/s1. The molecule has 2 saturated heterocycles. The number of nitrogens with zero attached hydrogens (tertiary/aromatic N) is 2. The van der Waals surface area contributed by atoms with Crippen molar-refractivity contribution in [2.45, 2.75) is 57.5 Å². The molecule has 0 aromatic carbocycles. The quantitative estimate of drug-likeness (QED) is 0.713. The summed E-state index contributed by atoms with van der Waals surface area (Å²) in [7, 11) is 0. The van der Waals surface area contributed by atoms with Gasteiger partial charge in [-0.05, 0) is 62.9 Å². The number of aromatic nitrogens is 2. The van der Waals surface area contributed by atoms with Crippen LogP contribution >= 0.6 is 0 Å². The van der Waals surface area contributed by atoms with Gasteiger partial charge in [-0.25, -0.2) is 4.98 Å². The molecule has 0 unspecified atom stereocenters. The van der Waals surface area contributed by atoms with Crippen molar-refractivity contribution in [2.75, 3.05) is 26.2 Å². The Morgan fingerprint density at radius 3 is 2.85 bits per heavy atom. The van der Waals surface area contributed by atoms with E-state index in [2.05, 4.69) is 15.6 Å². The van der Waals surface area contributed by atoms with Crippen molar-refractivity contribution in [1.82, 2.24) is 25.5 Å². The average Bonchev–Trinajstić information content (AvgIpc) is 3.40. The van der Waals surface area contributed by atoms with Gasteiger partial charge in [0.2, 0.25) is 5.91 Å². The molecule has 3 N–H and O–H groups in total. The van der Waals surface area contributed by atoms with E-state index in [-0.39, 0.29) is 22.9 Å². The van der Waals surface area contributed by atoms with Crippen LogP contribution in [0, 0.1) is 11.3 Å². The summed E-state index contributed by atoms with van der Waals surface area (Å²) in [6, 6.07) is -0.0856. The molecule has 1 aromatic heterocycles. The van der Waals surface area contributed by atoms with Crippen molar-refractivity contribution in [2.24, 2.45) is 11.3 Å². The number of fused-ring (bicyclic) bond motifs is 1. The number of hydrogen-bond acceptors (Lipinski definition) is 5. The maximum atomic E-state index is 13.1. The maximum Gasteiger partial charge on any atom is 0.254 e. The highest BCUT2D eigenvalue weighted by molar-refractivity contribution is 5.82. The molecule has 0 radical (unpaired) electrons. The molecule has 3 fully saturated rings. The molecular weight excluding hydrogens is 342 g/mol. The van der Waals surface area contributed by atoms with Crippen LogP contribution in [0.1, 0.15) is 49.2 Å². The Kier molecular flexibility index (Phi) is 4.31. The molecule has 0 bridgehead atoms. The zero-order valence-electron chi connectivity index (χ0n) is 15.9. The molecular formula is C20H29N5O2. The van der Waals surface area contributed by atoms with Crippen molar-refractivity contribution < 1.29 is 4.79 Å². The highest BCUT2D eigenvalue weighted by Crippen LogP contribution is 2.38. The van der Waals surface area contributed by atoms with Crippen molar-refractivity contribution >= 4 is 5.91 Å². The summed E-state index contributed by atoms with van der Waals surface area (Å²) in [5.74, 6) is 1.65. The Bertz CT molecular complexity index is 794. The van der Waals surface area contributed by atoms with Gasteiger partial charge in [0.25, 0.3) is 5.56 Å². The van der Waals surface area contributed by atoms with Gasteiger partial charge >= 0.3 is 0 Å². The number of carbonyl (C=O) groups is 1. The summed E-state index contributed by atoms with van der Waals surface area (Å²) < 4.78 is 0. The fourth-order valence-corrected chi connectivity index (χ4v) is 5.02. The Balaban J connectivity index is 1.29. The number of aromatic amines is 1. The van der Waals surface area contributed by atoms with Crippen LogP contribution in [-0.4, -0.2) is 53.0 Å². The monoisotopic (exact) mass is 371 g/mol. The van der Waals surface area contributed by atoms with E-state index in [0.717, 1.165) is 62.4 Å². The fraction of sp³-hybridized carbons (Fsp3) is 0.750. The van der Waals surface area contributed by atoms with Crippen LogP contribution < -0.4 is 16.2 Å². The van der Waals surface area contributed by atoms with Crippen molar-refractivity contribution in [3.63, 3.8) is 0 Å². The van der Waals surface area contributed by atoms with E-state index in [1.807, 2.05) is 4.90 Å². The van der Waals surface area contributed by atoms with Crippen LogP contribution in [0.2, 0.25) is 0 Å². The number of nitrogens with one attached hydrogen (secondary N) is 3. The molecule has 1 aliphatic carbocycles. The molecule has 4 heterocycles. The molecule has 1 spiro atoms. The molecule has 1 atom stereocenters. The molecule has 27 heavy (non-hydrogen) atoms.